The first-order valence-electron chi connectivity index (χ1n) is 3.92. The van der Waals surface area contributed by atoms with Crippen molar-refractivity contribution >= 4 is 15.9 Å². The van der Waals surface area contributed by atoms with Crippen LogP contribution in [0.2, 0.25) is 0 Å². The minimum atomic E-state index is -0.116. The third-order valence-electron chi connectivity index (χ3n) is 1.67. The van der Waals surface area contributed by atoms with Gasteiger partial charge in [0.05, 0.1) is 6.61 Å². The number of alkyl halides is 1. The fourth-order valence-electron chi connectivity index (χ4n) is 1.16. The summed E-state index contributed by atoms with van der Waals surface area (Å²) in [6, 6.07) is 0. The van der Waals surface area contributed by atoms with Gasteiger partial charge in [0.15, 0.2) is 0 Å². The third kappa shape index (κ3) is 5.45. The summed E-state index contributed by atoms with van der Waals surface area (Å²) in [6.07, 6.45) is 3.92. The average molecular weight is 221 g/mol. The topological polar surface area (TPSA) is 20.2 Å². The molecule has 2 atom stereocenters. The van der Waals surface area contributed by atoms with Crippen LogP contribution in [0, 0.1) is 5.92 Å². The second-order valence-electron chi connectivity index (χ2n) is 3.41. The van der Waals surface area contributed by atoms with Crippen molar-refractivity contribution in [1.82, 2.24) is 0 Å². The van der Waals surface area contributed by atoms with Crippen LogP contribution in [0.1, 0.15) is 26.7 Å². The van der Waals surface area contributed by atoms with Gasteiger partial charge in [-0.15, -0.1) is 6.58 Å². The van der Waals surface area contributed by atoms with Crippen LogP contribution < -0.4 is 0 Å². The van der Waals surface area contributed by atoms with E-state index in [2.05, 4.69) is 29.4 Å². The second-order valence-corrected chi connectivity index (χ2v) is 5.32. The van der Waals surface area contributed by atoms with Crippen LogP contribution in [0.5, 0.6) is 0 Å². The zero-order chi connectivity index (χ0) is 8.91. The standard InChI is InChI=1S/C9H17BrO/c1-4-5-8(2)6-9(3,10)7-11/h4,8,11H,1,5-7H2,2-3H3. The third-order valence-corrected chi connectivity index (χ3v) is 2.25. The summed E-state index contributed by atoms with van der Waals surface area (Å²) in [5.41, 5.74) is 0. The number of aliphatic hydroxyl groups is 1. The van der Waals surface area contributed by atoms with Crippen molar-refractivity contribution in [1.29, 1.82) is 0 Å². The predicted molar refractivity (Wildman–Crippen MR) is 53.0 cm³/mol. The van der Waals surface area contributed by atoms with Crippen LogP contribution in [-0.2, 0) is 0 Å². The predicted octanol–water partition coefficient (Wildman–Crippen LogP) is 2.73. The first-order chi connectivity index (χ1) is 5.02. The van der Waals surface area contributed by atoms with Crippen LogP contribution in [0.15, 0.2) is 12.7 Å². The number of halogens is 1. The van der Waals surface area contributed by atoms with Crippen molar-refractivity contribution in [2.45, 2.75) is 31.0 Å². The van der Waals surface area contributed by atoms with Gasteiger partial charge < -0.3 is 5.11 Å². The molecule has 2 heteroatoms. The van der Waals surface area contributed by atoms with Gasteiger partial charge in [0.1, 0.15) is 0 Å². The first-order valence-corrected chi connectivity index (χ1v) is 4.72. The molecule has 0 fully saturated rings. The zero-order valence-corrected chi connectivity index (χ0v) is 8.89. The maximum atomic E-state index is 8.94. The number of allylic oxidation sites excluding steroid dienone is 1. The summed E-state index contributed by atoms with van der Waals surface area (Å²) in [5, 5.41) is 8.94. The molecule has 1 N–H and O–H groups in total. The highest BCUT2D eigenvalue weighted by molar-refractivity contribution is 9.10. The minimum Gasteiger partial charge on any atom is -0.395 e. The van der Waals surface area contributed by atoms with Gasteiger partial charge in [-0.1, -0.05) is 28.9 Å². The number of rotatable bonds is 5. The zero-order valence-electron chi connectivity index (χ0n) is 7.31. The normalized spacial score (nSPS) is 18.9. The van der Waals surface area contributed by atoms with E-state index in [0.29, 0.717) is 5.92 Å². The van der Waals surface area contributed by atoms with E-state index in [1.54, 1.807) is 0 Å². The summed E-state index contributed by atoms with van der Waals surface area (Å²) < 4.78 is -0.116. The van der Waals surface area contributed by atoms with Gasteiger partial charge >= 0.3 is 0 Å². The van der Waals surface area contributed by atoms with Crippen molar-refractivity contribution in [2.75, 3.05) is 6.61 Å². The van der Waals surface area contributed by atoms with E-state index < -0.39 is 0 Å². The van der Waals surface area contributed by atoms with E-state index >= 15 is 0 Å². The summed E-state index contributed by atoms with van der Waals surface area (Å²) in [4.78, 5) is 0. The molecule has 0 aliphatic heterocycles. The van der Waals surface area contributed by atoms with Gasteiger partial charge in [-0.05, 0) is 25.7 Å². The Hall–Kier alpha value is 0.180. The molecule has 66 valence electrons. The monoisotopic (exact) mass is 220 g/mol. The molecule has 0 radical (unpaired) electrons. The molecule has 1 nitrogen and oxygen atoms in total. The Bertz CT molecular complexity index is 121. The lowest BCUT2D eigenvalue weighted by Crippen LogP contribution is -2.23. The van der Waals surface area contributed by atoms with Gasteiger partial charge in [-0.25, -0.2) is 0 Å². The molecule has 0 saturated carbocycles. The van der Waals surface area contributed by atoms with Gasteiger partial charge in [-0.3, -0.25) is 0 Å². The Morgan fingerprint density at radius 1 is 1.73 bits per heavy atom. The minimum absolute atomic E-state index is 0.116. The van der Waals surface area contributed by atoms with Crippen molar-refractivity contribution < 1.29 is 5.11 Å². The van der Waals surface area contributed by atoms with Crippen LogP contribution in [0.3, 0.4) is 0 Å². The van der Waals surface area contributed by atoms with Gasteiger partial charge in [0, 0.05) is 4.32 Å². The molecule has 0 amide bonds. The molecule has 2 unspecified atom stereocenters. The fraction of sp³-hybridized carbons (Fsp3) is 0.778. The van der Waals surface area contributed by atoms with Crippen LogP contribution >= 0.6 is 15.9 Å². The van der Waals surface area contributed by atoms with Gasteiger partial charge in [-0.2, -0.15) is 0 Å². The molecule has 11 heavy (non-hydrogen) atoms. The largest absolute Gasteiger partial charge is 0.395 e. The fourth-order valence-corrected chi connectivity index (χ4v) is 1.71. The summed E-state index contributed by atoms with van der Waals surface area (Å²) in [7, 11) is 0. The molecule has 0 rings (SSSR count). The molecule has 0 aliphatic rings. The van der Waals surface area contributed by atoms with E-state index in [4.69, 9.17) is 5.11 Å². The van der Waals surface area contributed by atoms with E-state index in [-0.39, 0.29) is 10.9 Å². The maximum absolute atomic E-state index is 8.94. The van der Waals surface area contributed by atoms with Crippen molar-refractivity contribution in [3.63, 3.8) is 0 Å². The van der Waals surface area contributed by atoms with Gasteiger partial charge in [0.2, 0.25) is 0 Å². The number of hydrogen-bond acceptors (Lipinski definition) is 1. The smallest absolute Gasteiger partial charge is 0.0582 e. The van der Waals surface area contributed by atoms with Crippen LogP contribution in [0.4, 0.5) is 0 Å². The van der Waals surface area contributed by atoms with Crippen molar-refractivity contribution in [3.8, 4) is 0 Å². The summed E-state index contributed by atoms with van der Waals surface area (Å²) >= 11 is 3.47. The Kier molecular flexibility index (Phi) is 5.02. The van der Waals surface area contributed by atoms with E-state index in [0.717, 1.165) is 12.8 Å². The molecule has 0 heterocycles. The first kappa shape index (κ1) is 11.2. The lowest BCUT2D eigenvalue weighted by molar-refractivity contribution is 0.240. The van der Waals surface area contributed by atoms with E-state index in [1.807, 2.05) is 13.0 Å². The van der Waals surface area contributed by atoms with Crippen molar-refractivity contribution in [2.24, 2.45) is 5.92 Å². The highest BCUT2D eigenvalue weighted by Gasteiger charge is 2.21. The Morgan fingerprint density at radius 2 is 2.27 bits per heavy atom. The van der Waals surface area contributed by atoms with Crippen LogP contribution in [0.25, 0.3) is 0 Å². The molecule has 0 spiro atoms. The molecule has 0 bridgehead atoms. The lowest BCUT2D eigenvalue weighted by atomic mass is 9.95. The highest BCUT2D eigenvalue weighted by atomic mass is 79.9. The number of aliphatic hydroxyl groups excluding tert-OH is 1. The Labute approximate surface area is 77.6 Å². The quantitative estimate of drug-likeness (QED) is 0.559. The molecule has 0 aliphatic carbocycles. The maximum Gasteiger partial charge on any atom is 0.0582 e. The van der Waals surface area contributed by atoms with E-state index in [1.165, 1.54) is 0 Å². The molecular weight excluding hydrogens is 204 g/mol. The summed E-state index contributed by atoms with van der Waals surface area (Å²) in [6.45, 7) is 8.04. The van der Waals surface area contributed by atoms with Crippen molar-refractivity contribution in [3.05, 3.63) is 12.7 Å². The average Bonchev–Trinajstić information content (AvgIpc) is 1.87. The second kappa shape index (κ2) is 4.94. The highest BCUT2D eigenvalue weighted by Crippen LogP contribution is 2.26. The molecule has 0 aromatic heterocycles. The molecule has 0 aromatic rings. The molecule has 0 aromatic carbocycles. The Morgan fingerprint density at radius 3 is 2.64 bits per heavy atom. The summed E-state index contributed by atoms with van der Waals surface area (Å²) in [5.74, 6) is 0.587. The molecular formula is C9H17BrO. The van der Waals surface area contributed by atoms with Crippen LogP contribution in [-0.4, -0.2) is 16.0 Å². The number of hydrogen-bond donors (Lipinski definition) is 1. The molecule has 0 saturated heterocycles. The SMILES string of the molecule is C=CCC(C)CC(C)(Br)CO. The Balaban J connectivity index is 3.72. The van der Waals surface area contributed by atoms with E-state index in [9.17, 15) is 0 Å². The van der Waals surface area contributed by atoms with Gasteiger partial charge in [0.25, 0.3) is 0 Å². The lowest BCUT2D eigenvalue weighted by Gasteiger charge is -2.22.